The minimum absolute atomic E-state index is 0.576. The van der Waals surface area contributed by atoms with Gasteiger partial charge in [-0.2, -0.15) is 0 Å². The van der Waals surface area contributed by atoms with Gasteiger partial charge in [0.1, 0.15) is 0 Å². The van der Waals surface area contributed by atoms with Gasteiger partial charge in [-0.25, -0.2) is 0 Å². The van der Waals surface area contributed by atoms with Crippen LogP contribution in [0, 0.1) is 5.92 Å². The maximum Gasteiger partial charge on any atom is 0.0510 e. The molecule has 16 heavy (non-hydrogen) atoms. The van der Waals surface area contributed by atoms with E-state index in [4.69, 9.17) is 4.74 Å². The van der Waals surface area contributed by atoms with Crippen molar-refractivity contribution in [3.63, 3.8) is 0 Å². The van der Waals surface area contributed by atoms with Crippen LogP contribution in [0.3, 0.4) is 0 Å². The zero-order valence-corrected chi connectivity index (χ0v) is 11.3. The molecule has 1 aliphatic rings. The third-order valence-electron chi connectivity index (χ3n) is 3.85. The molecule has 3 nitrogen and oxygen atoms in total. The van der Waals surface area contributed by atoms with E-state index in [2.05, 4.69) is 38.2 Å². The van der Waals surface area contributed by atoms with Gasteiger partial charge in [0, 0.05) is 31.2 Å². The van der Waals surface area contributed by atoms with Gasteiger partial charge in [0.2, 0.25) is 0 Å². The van der Waals surface area contributed by atoms with Crippen molar-refractivity contribution >= 4 is 0 Å². The summed E-state index contributed by atoms with van der Waals surface area (Å²) in [6.45, 7) is 7.58. The van der Waals surface area contributed by atoms with Crippen LogP contribution in [0.2, 0.25) is 0 Å². The van der Waals surface area contributed by atoms with Crippen molar-refractivity contribution < 1.29 is 4.74 Å². The lowest BCUT2D eigenvalue weighted by Gasteiger charge is -2.31. The molecule has 0 spiro atoms. The lowest BCUT2D eigenvalue weighted by Crippen LogP contribution is -2.45. The lowest BCUT2D eigenvalue weighted by molar-refractivity contribution is 0.158. The third kappa shape index (κ3) is 4.04. The summed E-state index contributed by atoms with van der Waals surface area (Å²) in [6.07, 6.45) is 3.76. The quantitative estimate of drug-likeness (QED) is 0.718. The predicted octanol–water partition coefficient (Wildman–Crippen LogP) is 1.73. The molecular weight excluding hydrogens is 200 g/mol. The Morgan fingerprint density at radius 1 is 1.50 bits per heavy atom. The van der Waals surface area contributed by atoms with Crippen LogP contribution in [0.15, 0.2) is 0 Å². The Hall–Kier alpha value is -0.120. The Kier molecular flexibility index (Phi) is 6.32. The Labute approximate surface area is 101 Å². The summed E-state index contributed by atoms with van der Waals surface area (Å²) in [7, 11) is 4.31. The number of rotatable bonds is 7. The van der Waals surface area contributed by atoms with E-state index in [1.165, 1.54) is 19.3 Å². The zero-order chi connectivity index (χ0) is 12.0. The molecule has 96 valence electrons. The minimum atomic E-state index is 0.576. The number of hydrogen-bond acceptors (Lipinski definition) is 3. The maximum absolute atomic E-state index is 5.47. The van der Waals surface area contributed by atoms with Gasteiger partial charge in [-0.05, 0) is 33.9 Å². The van der Waals surface area contributed by atoms with E-state index >= 15 is 0 Å². The molecule has 3 unspecified atom stereocenters. The van der Waals surface area contributed by atoms with Gasteiger partial charge < -0.3 is 15.0 Å². The van der Waals surface area contributed by atoms with Crippen molar-refractivity contribution in [3.05, 3.63) is 0 Å². The Balaban J connectivity index is 2.36. The summed E-state index contributed by atoms with van der Waals surface area (Å²) in [6, 6.07) is 1.26. The second-order valence-electron chi connectivity index (χ2n) is 5.10. The van der Waals surface area contributed by atoms with Gasteiger partial charge in [-0.1, -0.05) is 13.3 Å². The molecule has 1 saturated heterocycles. The number of likely N-dealkylation sites (N-methyl/N-ethyl adjacent to an activating group) is 2. The molecule has 1 rings (SSSR count). The second kappa shape index (κ2) is 7.25. The van der Waals surface area contributed by atoms with Crippen molar-refractivity contribution in [2.75, 3.05) is 33.9 Å². The minimum Gasteiger partial charge on any atom is -0.381 e. The topological polar surface area (TPSA) is 24.5 Å². The van der Waals surface area contributed by atoms with Crippen LogP contribution >= 0.6 is 0 Å². The maximum atomic E-state index is 5.47. The predicted molar refractivity (Wildman–Crippen MR) is 68.8 cm³/mol. The zero-order valence-electron chi connectivity index (χ0n) is 11.3. The summed E-state index contributed by atoms with van der Waals surface area (Å²) in [5.41, 5.74) is 0. The molecule has 0 radical (unpaired) electrons. The first-order valence-corrected chi connectivity index (χ1v) is 6.64. The van der Waals surface area contributed by atoms with Crippen LogP contribution in [0.25, 0.3) is 0 Å². The smallest absolute Gasteiger partial charge is 0.0510 e. The molecular formula is C13H28N2O. The molecule has 0 saturated carbocycles. The van der Waals surface area contributed by atoms with Gasteiger partial charge in [-0.3, -0.25) is 0 Å². The van der Waals surface area contributed by atoms with E-state index in [9.17, 15) is 0 Å². The molecule has 3 atom stereocenters. The van der Waals surface area contributed by atoms with Crippen LogP contribution in [-0.2, 0) is 4.74 Å². The summed E-state index contributed by atoms with van der Waals surface area (Å²) in [5, 5.41) is 3.45. The first kappa shape index (κ1) is 13.9. The number of hydrogen-bond donors (Lipinski definition) is 1. The van der Waals surface area contributed by atoms with Crippen LogP contribution in [0.5, 0.6) is 0 Å². The van der Waals surface area contributed by atoms with Crippen molar-refractivity contribution in [3.8, 4) is 0 Å². The van der Waals surface area contributed by atoms with E-state index in [0.29, 0.717) is 18.0 Å². The largest absolute Gasteiger partial charge is 0.381 e. The van der Waals surface area contributed by atoms with E-state index in [1.807, 2.05) is 0 Å². The average molecular weight is 228 g/mol. The normalized spacial score (nSPS) is 24.9. The van der Waals surface area contributed by atoms with Crippen molar-refractivity contribution in [2.24, 2.45) is 5.92 Å². The summed E-state index contributed by atoms with van der Waals surface area (Å²) < 4.78 is 5.47. The molecule has 3 heteroatoms. The first-order valence-electron chi connectivity index (χ1n) is 6.64. The van der Waals surface area contributed by atoms with Crippen LogP contribution < -0.4 is 5.32 Å². The fraction of sp³-hybridized carbons (Fsp3) is 1.00. The highest BCUT2D eigenvalue weighted by Gasteiger charge is 2.26. The Morgan fingerprint density at radius 2 is 2.25 bits per heavy atom. The fourth-order valence-electron chi connectivity index (χ4n) is 2.47. The first-order chi connectivity index (χ1) is 7.69. The standard InChI is InChI=1S/C13H28N2O/c1-5-6-11(2)15(4)9-13(14-3)12-7-8-16-10-12/h11-14H,5-10H2,1-4H3. The second-order valence-corrected chi connectivity index (χ2v) is 5.10. The number of nitrogens with zero attached hydrogens (tertiary/aromatic N) is 1. The van der Waals surface area contributed by atoms with Crippen LogP contribution in [0.1, 0.15) is 33.1 Å². The van der Waals surface area contributed by atoms with Gasteiger partial charge in [0.15, 0.2) is 0 Å². The molecule has 1 aliphatic heterocycles. The fourth-order valence-corrected chi connectivity index (χ4v) is 2.47. The Bertz CT molecular complexity index is 181. The number of nitrogens with one attached hydrogen (secondary N) is 1. The summed E-state index contributed by atoms with van der Waals surface area (Å²) in [5.74, 6) is 0.696. The number of ether oxygens (including phenoxy) is 1. The van der Waals surface area contributed by atoms with Gasteiger partial charge in [-0.15, -0.1) is 0 Å². The van der Waals surface area contributed by atoms with Crippen LogP contribution in [0.4, 0.5) is 0 Å². The molecule has 1 fully saturated rings. The van der Waals surface area contributed by atoms with E-state index in [-0.39, 0.29) is 0 Å². The van der Waals surface area contributed by atoms with Gasteiger partial charge >= 0.3 is 0 Å². The molecule has 1 heterocycles. The highest BCUT2D eigenvalue weighted by molar-refractivity contribution is 4.81. The molecule has 0 amide bonds. The molecule has 0 aliphatic carbocycles. The molecule has 0 bridgehead atoms. The highest BCUT2D eigenvalue weighted by Crippen LogP contribution is 2.18. The van der Waals surface area contributed by atoms with E-state index in [1.54, 1.807) is 0 Å². The van der Waals surface area contributed by atoms with Crippen molar-refractivity contribution in [1.82, 2.24) is 10.2 Å². The molecule has 1 N–H and O–H groups in total. The SMILES string of the molecule is CCCC(C)N(C)CC(NC)C1CCOC1. The molecule has 0 aromatic rings. The lowest BCUT2D eigenvalue weighted by atomic mass is 9.98. The summed E-state index contributed by atoms with van der Waals surface area (Å²) >= 11 is 0. The Morgan fingerprint density at radius 3 is 2.75 bits per heavy atom. The van der Waals surface area contributed by atoms with E-state index < -0.39 is 0 Å². The van der Waals surface area contributed by atoms with Crippen LogP contribution in [-0.4, -0.2) is 50.8 Å². The highest BCUT2D eigenvalue weighted by atomic mass is 16.5. The van der Waals surface area contributed by atoms with Crippen molar-refractivity contribution in [2.45, 2.75) is 45.2 Å². The van der Waals surface area contributed by atoms with Crippen molar-refractivity contribution in [1.29, 1.82) is 0 Å². The van der Waals surface area contributed by atoms with Gasteiger partial charge in [0.05, 0.1) is 6.61 Å². The molecule has 0 aromatic carbocycles. The third-order valence-corrected chi connectivity index (χ3v) is 3.85. The van der Waals surface area contributed by atoms with E-state index in [0.717, 1.165) is 19.8 Å². The summed E-state index contributed by atoms with van der Waals surface area (Å²) in [4.78, 5) is 2.48. The van der Waals surface area contributed by atoms with Gasteiger partial charge in [0.25, 0.3) is 0 Å². The molecule has 0 aromatic heterocycles. The average Bonchev–Trinajstić information content (AvgIpc) is 2.79. The monoisotopic (exact) mass is 228 g/mol.